The Balaban J connectivity index is 2.05. The summed E-state index contributed by atoms with van der Waals surface area (Å²) in [5.41, 5.74) is 8.12. The van der Waals surface area contributed by atoms with Gasteiger partial charge in [0.25, 0.3) is 5.91 Å². The van der Waals surface area contributed by atoms with E-state index in [4.69, 9.17) is 15.6 Å². The van der Waals surface area contributed by atoms with Crippen LogP contribution in [0.15, 0.2) is 48.5 Å². The van der Waals surface area contributed by atoms with Gasteiger partial charge >= 0.3 is 5.97 Å². The van der Waals surface area contributed by atoms with E-state index in [1.54, 1.807) is 13.0 Å². The van der Waals surface area contributed by atoms with Gasteiger partial charge in [0.05, 0.1) is 5.56 Å². The third-order valence-electron chi connectivity index (χ3n) is 4.48. The highest BCUT2D eigenvalue weighted by Crippen LogP contribution is 2.33. The van der Waals surface area contributed by atoms with E-state index in [0.29, 0.717) is 16.3 Å². The Morgan fingerprint density at radius 2 is 1.76 bits per heavy atom. The summed E-state index contributed by atoms with van der Waals surface area (Å²) in [5, 5.41) is 11.9. The number of ether oxygens (including phenoxy) is 1. The summed E-state index contributed by atoms with van der Waals surface area (Å²) in [7, 11) is 0. The normalized spacial score (nSPS) is 11.9. The second kappa shape index (κ2) is 8.28. The summed E-state index contributed by atoms with van der Waals surface area (Å²) in [4.78, 5) is 23.6. The second-order valence-corrected chi connectivity index (χ2v) is 6.85. The Morgan fingerprint density at radius 1 is 1.07 bits per heavy atom. The first-order valence-corrected chi connectivity index (χ1v) is 8.96. The molecule has 1 atom stereocenters. The Kier molecular flexibility index (Phi) is 5.79. The van der Waals surface area contributed by atoms with Crippen LogP contribution in [0.2, 0.25) is 0 Å². The van der Waals surface area contributed by atoms with Gasteiger partial charge in [-0.1, -0.05) is 35.9 Å². The monoisotopic (exact) mass is 396 g/mol. The highest BCUT2D eigenvalue weighted by molar-refractivity contribution is 6.05. The zero-order chi connectivity index (χ0) is 21.1. The predicted molar refractivity (Wildman–Crippen MR) is 107 cm³/mol. The first-order valence-electron chi connectivity index (χ1n) is 8.96. The third-order valence-corrected chi connectivity index (χ3v) is 4.48. The minimum Gasteiger partial charge on any atom is -0.487 e. The van der Waals surface area contributed by atoms with Gasteiger partial charge in [0, 0.05) is 10.8 Å². The van der Waals surface area contributed by atoms with Gasteiger partial charge in [-0.05, 0) is 43.2 Å². The van der Waals surface area contributed by atoms with Crippen molar-refractivity contribution in [2.75, 3.05) is 0 Å². The summed E-state index contributed by atoms with van der Waals surface area (Å²) in [6.07, 6.45) is -1.57. The lowest BCUT2D eigenvalue weighted by Crippen LogP contribution is -2.47. The zero-order valence-corrected chi connectivity index (χ0v) is 16.0. The minimum atomic E-state index is -1.57. The molecule has 3 aromatic rings. The van der Waals surface area contributed by atoms with Crippen LogP contribution in [0.1, 0.15) is 27.0 Å². The number of rotatable bonds is 6. The van der Waals surface area contributed by atoms with E-state index in [1.807, 2.05) is 31.2 Å². The third kappa shape index (κ3) is 4.52. The molecule has 6 nitrogen and oxygen atoms in total. The minimum absolute atomic E-state index is 0.0753. The molecule has 29 heavy (non-hydrogen) atoms. The number of hydrogen-bond donors (Lipinski definition) is 3. The van der Waals surface area contributed by atoms with Crippen LogP contribution < -0.4 is 15.8 Å². The number of nitrogens with one attached hydrogen (secondary N) is 1. The molecule has 0 radical (unpaired) electrons. The van der Waals surface area contributed by atoms with Gasteiger partial charge in [0.2, 0.25) is 0 Å². The molecule has 0 bridgehead atoms. The van der Waals surface area contributed by atoms with Crippen molar-refractivity contribution in [3.8, 4) is 5.75 Å². The maximum absolute atomic E-state index is 14.4. The number of carbonyl (C=O) groups excluding carboxylic acids is 1. The summed E-state index contributed by atoms with van der Waals surface area (Å²) in [5.74, 6) is -2.36. The number of benzene rings is 3. The van der Waals surface area contributed by atoms with Crippen LogP contribution in [0.5, 0.6) is 5.75 Å². The van der Waals surface area contributed by atoms with Crippen molar-refractivity contribution in [1.29, 1.82) is 0 Å². The summed E-state index contributed by atoms with van der Waals surface area (Å²) < 4.78 is 20.4. The van der Waals surface area contributed by atoms with E-state index < -0.39 is 23.9 Å². The number of nitrogens with two attached hydrogens (primary N) is 1. The fourth-order valence-corrected chi connectivity index (χ4v) is 2.95. The molecule has 0 aliphatic carbocycles. The lowest BCUT2D eigenvalue weighted by atomic mass is 10.0. The van der Waals surface area contributed by atoms with Gasteiger partial charge < -0.3 is 20.9 Å². The Morgan fingerprint density at radius 3 is 2.41 bits per heavy atom. The van der Waals surface area contributed by atoms with E-state index in [1.165, 1.54) is 18.2 Å². The predicted octanol–water partition coefficient (Wildman–Crippen LogP) is 3.27. The standard InChI is InChI=1S/C22H21FN2O4/c1-12-3-5-14(6-4-12)11-29-19-16(21(26)25-20(24)22(27)28)8-7-15-17(19)9-13(2)10-18(15)23/h3-10,20H,11,24H2,1-2H3,(H,25,26)(H,27,28). The highest BCUT2D eigenvalue weighted by Gasteiger charge is 2.21. The lowest BCUT2D eigenvalue weighted by Gasteiger charge is -2.16. The van der Waals surface area contributed by atoms with Crippen LogP contribution in [0.25, 0.3) is 10.8 Å². The second-order valence-electron chi connectivity index (χ2n) is 6.85. The molecule has 3 aromatic carbocycles. The highest BCUT2D eigenvalue weighted by atomic mass is 19.1. The van der Waals surface area contributed by atoms with Gasteiger partial charge in [-0.2, -0.15) is 0 Å². The number of fused-ring (bicyclic) bond motifs is 1. The Labute approximate surface area is 167 Å². The lowest BCUT2D eigenvalue weighted by molar-refractivity contribution is -0.139. The van der Waals surface area contributed by atoms with Gasteiger partial charge in [0.1, 0.15) is 18.2 Å². The van der Waals surface area contributed by atoms with Crippen molar-refractivity contribution in [3.05, 3.63) is 76.6 Å². The van der Waals surface area contributed by atoms with Crippen molar-refractivity contribution < 1.29 is 23.8 Å². The number of carbonyl (C=O) groups is 2. The van der Waals surface area contributed by atoms with E-state index in [9.17, 15) is 14.0 Å². The van der Waals surface area contributed by atoms with Gasteiger partial charge in [-0.25, -0.2) is 9.18 Å². The molecule has 0 saturated carbocycles. The van der Waals surface area contributed by atoms with Crippen molar-refractivity contribution >= 4 is 22.6 Å². The zero-order valence-electron chi connectivity index (χ0n) is 16.0. The maximum Gasteiger partial charge on any atom is 0.341 e. The molecule has 0 fully saturated rings. The van der Waals surface area contributed by atoms with Gasteiger partial charge in [-0.15, -0.1) is 0 Å². The Bertz CT molecular complexity index is 1080. The van der Waals surface area contributed by atoms with Crippen LogP contribution in [-0.2, 0) is 11.4 Å². The smallest absolute Gasteiger partial charge is 0.341 e. The number of halogens is 1. The van der Waals surface area contributed by atoms with Gasteiger partial charge in [0.15, 0.2) is 6.17 Å². The van der Waals surface area contributed by atoms with Crippen molar-refractivity contribution in [2.45, 2.75) is 26.6 Å². The first-order chi connectivity index (χ1) is 13.8. The van der Waals surface area contributed by atoms with E-state index in [-0.39, 0.29) is 17.9 Å². The average molecular weight is 396 g/mol. The number of carboxylic acids is 1. The van der Waals surface area contributed by atoms with Crippen LogP contribution in [0.3, 0.4) is 0 Å². The molecular formula is C22H21FN2O4. The average Bonchev–Trinajstić information content (AvgIpc) is 2.67. The molecule has 0 saturated heterocycles. The van der Waals surface area contributed by atoms with E-state index in [2.05, 4.69) is 5.32 Å². The largest absolute Gasteiger partial charge is 0.487 e. The van der Waals surface area contributed by atoms with Gasteiger partial charge in [-0.3, -0.25) is 4.79 Å². The SMILES string of the molecule is Cc1ccc(COc2c(C(=O)NC(N)C(=O)O)ccc3c(F)cc(C)cc23)cc1. The Hall–Kier alpha value is -3.45. The molecule has 1 unspecified atom stereocenters. The summed E-state index contributed by atoms with van der Waals surface area (Å²) >= 11 is 0. The number of aryl methyl sites for hydroxylation is 2. The molecule has 0 heterocycles. The molecule has 0 aliphatic heterocycles. The molecule has 7 heteroatoms. The molecule has 0 spiro atoms. The van der Waals surface area contributed by atoms with Crippen molar-refractivity contribution in [1.82, 2.24) is 5.32 Å². The number of amides is 1. The first kappa shape index (κ1) is 20.3. The molecule has 150 valence electrons. The molecule has 4 N–H and O–H groups in total. The van der Waals surface area contributed by atoms with E-state index in [0.717, 1.165) is 11.1 Å². The van der Waals surface area contributed by atoms with E-state index >= 15 is 0 Å². The maximum atomic E-state index is 14.4. The summed E-state index contributed by atoms with van der Waals surface area (Å²) in [6, 6.07) is 13.6. The fraction of sp³-hybridized carbons (Fsp3) is 0.182. The topological polar surface area (TPSA) is 102 Å². The van der Waals surface area contributed by atoms with Crippen molar-refractivity contribution in [2.24, 2.45) is 5.73 Å². The van der Waals surface area contributed by atoms with Crippen LogP contribution >= 0.6 is 0 Å². The molecule has 1 amide bonds. The van der Waals surface area contributed by atoms with Crippen LogP contribution in [-0.4, -0.2) is 23.1 Å². The molecule has 0 aromatic heterocycles. The summed E-state index contributed by atoms with van der Waals surface area (Å²) in [6.45, 7) is 3.86. The number of aliphatic carboxylic acids is 1. The molecule has 0 aliphatic rings. The van der Waals surface area contributed by atoms with Crippen LogP contribution in [0, 0.1) is 19.7 Å². The number of carboxylic acid groups (broad SMARTS) is 1. The fourth-order valence-electron chi connectivity index (χ4n) is 2.95. The number of hydrogen-bond acceptors (Lipinski definition) is 4. The van der Waals surface area contributed by atoms with Crippen molar-refractivity contribution in [3.63, 3.8) is 0 Å². The quantitative estimate of drug-likeness (QED) is 0.555. The molecule has 3 rings (SSSR count). The molecular weight excluding hydrogens is 375 g/mol. The van der Waals surface area contributed by atoms with Crippen LogP contribution in [0.4, 0.5) is 4.39 Å².